The molecule has 0 unspecified atom stereocenters. The number of anilines is 1. The van der Waals surface area contributed by atoms with Crippen molar-refractivity contribution in [2.24, 2.45) is 0 Å². The Morgan fingerprint density at radius 2 is 1.68 bits per heavy atom. The highest BCUT2D eigenvalue weighted by atomic mass is 16.1. The number of nitrogens with one attached hydrogen (secondary N) is 1. The quantitative estimate of drug-likeness (QED) is 0.758. The molecule has 0 amide bonds. The van der Waals surface area contributed by atoms with Crippen LogP contribution in [0.2, 0.25) is 0 Å². The number of allylic oxidation sites excluding steroid dienone is 1. The molecule has 106 valence electrons. The topological polar surface area (TPSA) is 29.1 Å². The minimum atomic E-state index is 0.0818. The highest BCUT2D eigenvalue weighted by Crippen LogP contribution is 2.33. The summed E-state index contributed by atoms with van der Waals surface area (Å²) in [5.74, 6) is 0.0818. The lowest BCUT2D eigenvalue weighted by Gasteiger charge is -2.17. The molecule has 2 heteroatoms. The highest BCUT2D eigenvalue weighted by Gasteiger charge is 2.16. The second kappa shape index (κ2) is 5.15. The van der Waals surface area contributed by atoms with Gasteiger partial charge in [-0.2, -0.15) is 0 Å². The molecule has 0 atom stereocenters. The lowest BCUT2D eigenvalue weighted by molar-refractivity contribution is 0.104. The SMILES string of the molecule is O=C1C=Cc2c(NCc3ccccc3)ccc3cccc1c23. The van der Waals surface area contributed by atoms with Gasteiger partial charge in [0, 0.05) is 28.7 Å². The van der Waals surface area contributed by atoms with Gasteiger partial charge in [0.25, 0.3) is 0 Å². The largest absolute Gasteiger partial charge is 0.380 e. The Kier molecular flexibility index (Phi) is 3.01. The smallest absolute Gasteiger partial charge is 0.186 e. The zero-order chi connectivity index (χ0) is 14.9. The first kappa shape index (κ1) is 12.8. The van der Waals surface area contributed by atoms with Gasteiger partial charge in [0.2, 0.25) is 0 Å². The summed E-state index contributed by atoms with van der Waals surface area (Å²) in [7, 11) is 0. The zero-order valence-electron chi connectivity index (χ0n) is 12.0. The first-order valence-corrected chi connectivity index (χ1v) is 7.39. The third-order valence-corrected chi connectivity index (χ3v) is 4.08. The molecule has 0 fully saturated rings. The Hall–Kier alpha value is -2.87. The fourth-order valence-corrected chi connectivity index (χ4v) is 2.98. The van der Waals surface area contributed by atoms with Crippen molar-refractivity contribution in [3.63, 3.8) is 0 Å². The summed E-state index contributed by atoms with van der Waals surface area (Å²) in [4.78, 5) is 12.1. The van der Waals surface area contributed by atoms with Gasteiger partial charge in [-0.25, -0.2) is 0 Å². The number of carbonyl (C=O) groups is 1. The van der Waals surface area contributed by atoms with Crippen LogP contribution in [0.1, 0.15) is 21.5 Å². The van der Waals surface area contributed by atoms with E-state index in [9.17, 15) is 4.79 Å². The normalized spacial score (nSPS) is 12.6. The minimum absolute atomic E-state index is 0.0818. The molecule has 0 saturated carbocycles. The van der Waals surface area contributed by atoms with Crippen LogP contribution in [-0.4, -0.2) is 5.78 Å². The maximum absolute atomic E-state index is 12.1. The van der Waals surface area contributed by atoms with Crippen LogP contribution in [0.3, 0.4) is 0 Å². The van der Waals surface area contributed by atoms with Gasteiger partial charge in [-0.1, -0.05) is 54.6 Å². The summed E-state index contributed by atoms with van der Waals surface area (Å²) in [6, 6.07) is 20.4. The van der Waals surface area contributed by atoms with Crippen LogP contribution in [0.4, 0.5) is 5.69 Å². The van der Waals surface area contributed by atoms with Crippen LogP contribution in [0.15, 0.2) is 66.7 Å². The standard InChI is InChI=1S/C20H15NO/c22-19-12-10-16-18(21-13-14-5-2-1-3-6-14)11-9-15-7-4-8-17(19)20(15)16/h1-12,21H,13H2. The molecule has 3 aromatic rings. The molecule has 0 spiro atoms. The van der Waals surface area contributed by atoms with Gasteiger partial charge in [-0.15, -0.1) is 0 Å². The van der Waals surface area contributed by atoms with E-state index in [1.165, 1.54) is 5.56 Å². The van der Waals surface area contributed by atoms with E-state index in [4.69, 9.17) is 0 Å². The minimum Gasteiger partial charge on any atom is -0.380 e. The lowest BCUT2D eigenvalue weighted by Crippen LogP contribution is -2.06. The summed E-state index contributed by atoms with van der Waals surface area (Å²) < 4.78 is 0. The molecule has 0 radical (unpaired) electrons. The molecule has 0 saturated heterocycles. The van der Waals surface area contributed by atoms with Crippen LogP contribution in [0.5, 0.6) is 0 Å². The Bertz CT molecular complexity index is 894. The van der Waals surface area contributed by atoms with Gasteiger partial charge < -0.3 is 5.32 Å². The van der Waals surface area contributed by atoms with Crippen molar-refractivity contribution < 1.29 is 4.79 Å². The van der Waals surface area contributed by atoms with Crippen LogP contribution in [0.25, 0.3) is 16.8 Å². The number of ketones is 1. The Balaban J connectivity index is 1.77. The number of hydrogen-bond acceptors (Lipinski definition) is 2. The molecule has 0 aromatic heterocycles. The first-order valence-electron chi connectivity index (χ1n) is 7.39. The molecule has 1 N–H and O–H groups in total. The van der Waals surface area contributed by atoms with E-state index in [1.54, 1.807) is 6.08 Å². The maximum Gasteiger partial charge on any atom is 0.186 e. The van der Waals surface area contributed by atoms with E-state index in [-0.39, 0.29) is 5.78 Å². The van der Waals surface area contributed by atoms with Crippen LogP contribution in [-0.2, 0) is 6.54 Å². The van der Waals surface area contributed by atoms with Gasteiger partial charge in [-0.3, -0.25) is 4.79 Å². The van der Waals surface area contributed by atoms with Gasteiger partial charge in [-0.05, 0) is 29.2 Å². The van der Waals surface area contributed by atoms with Crippen molar-refractivity contribution in [3.05, 3.63) is 83.4 Å². The van der Waals surface area contributed by atoms with Gasteiger partial charge >= 0.3 is 0 Å². The molecule has 4 rings (SSSR count). The molecule has 3 aromatic carbocycles. The molecule has 0 bridgehead atoms. The summed E-state index contributed by atoms with van der Waals surface area (Å²) in [6.45, 7) is 0.767. The number of rotatable bonds is 3. The van der Waals surface area contributed by atoms with Crippen LogP contribution < -0.4 is 5.32 Å². The third kappa shape index (κ3) is 2.09. The van der Waals surface area contributed by atoms with E-state index >= 15 is 0 Å². The van der Waals surface area contributed by atoms with Crippen molar-refractivity contribution in [3.8, 4) is 0 Å². The van der Waals surface area contributed by atoms with Crippen molar-refractivity contribution >= 4 is 28.3 Å². The predicted octanol–water partition coefficient (Wildman–Crippen LogP) is 4.66. The summed E-state index contributed by atoms with van der Waals surface area (Å²) in [5, 5.41) is 5.64. The molecular formula is C20H15NO. The Morgan fingerprint density at radius 3 is 2.55 bits per heavy atom. The number of carbonyl (C=O) groups excluding carboxylic acids is 1. The monoisotopic (exact) mass is 285 g/mol. The Labute approximate surface area is 129 Å². The average molecular weight is 285 g/mol. The summed E-state index contributed by atoms with van der Waals surface area (Å²) >= 11 is 0. The van der Waals surface area contributed by atoms with E-state index < -0.39 is 0 Å². The summed E-state index contributed by atoms with van der Waals surface area (Å²) in [6.07, 6.45) is 3.58. The first-order chi connectivity index (χ1) is 10.8. The fourth-order valence-electron chi connectivity index (χ4n) is 2.98. The predicted molar refractivity (Wildman–Crippen MR) is 91.1 cm³/mol. The molecule has 2 nitrogen and oxygen atoms in total. The van der Waals surface area contributed by atoms with Crippen molar-refractivity contribution in [2.45, 2.75) is 6.54 Å². The van der Waals surface area contributed by atoms with E-state index in [0.29, 0.717) is 0 Å². The second-order valence-electron chi connectivity index (χ2n) is 5.47. The van der Waals surface area contributed by atoms with Crippen LogP contribution in [0, 0.1) is 0 Å². The average Bonchev–Trinajstić information content (AvgIpc) is 2.58. The van der Waals surface area contributed by atoms with Crippen LogP contribution >= 0.6 is 0 Å². The van der Waals surface area contributed by atoms with Gasteiger partial charge in [0.1, 0.15) is 0 Å². The lowest BCUT2D eigenvalue weighted by atomic mass is 9.91. The van der Waals surface area contributed by atoms with Crippen molar-refractivity contribution in [1.29, 1.82) is 0 Å². The molecule has 22 heavy (non-hydrogen) atoms. The summed E-state index contributed by atoms with van der Waals surface area (Å²) in [5.41, 5.74) is 4.19. The third-order valence-electron chi connectivity index (χ3n) is 4.08. The Morgan fingerprint density at radius 1 is 0.818 bits per heavy atom. The zero-order valence-corrected chi connectivity index (χ0v) is 12.0. The molecule has 0 heterocycles. The second-order valence-corrected chi connectivity index (χ2v) is 5.47. The number of benzene rings is 3. The van der Waals surface area contributed by atoms with Crippen molar-refractivity contribution in [1.82, 2.24) is 0 Å². The highest BCUT2D eigenvalue weighted by molar-refractivity contribution is 6.21. The van der Waals surface area contributed by atoms with Gasteiger partial charge in [0.05, 0.1) is 0 Å². The van der Waals surface area contributed by atoms with E-state index in [1.807, 2.05) is 36.4 Å². The van der Waals surface area contributed by atoms with E-state index in [2.05, 4.69) is 35.6 Å². The molecule has 1 aliphatic rings. The van der Waals surface area contributed by atoms with E-state index in [0.717, 1.165) is 34.1 Å². The molecule has 1 aliphatic carbocycles. The molecular weight excluding hydrogens is 270 g/mol. The fraction of sp³-hybridized carbons (Fsp3) is 0.0500. The maximum atomic E-state index is 12.1. The number of hydrogen-bond donors (Lipinski definition) is 1. The van der Waals surface area contributed by atoms with Crippen molar-refractivity contribution in [2.75, 3.05) is 5.32 Å². The van der Waals surface area contributed by atoms with Gasteiger partial charge in [0.15, 0.2) is 5.78 Å². The molecule has 0 aliphatic heterocycles.